The van der Waals surface area contributed by atoms with Gasteiger partial charge < -0.3 is 4.90 Å². The van der Waals surface area contributed by atoms with Gasteiger partial charge in [0.25, 0.3) is 5.91 Å². The highest BCUT2D eigenvalue weighted by molar-refractivity contribution is 7.89. The van der Waals surface area contributed by atoms with Crippen LogP contribution in [0.15, 0.2) is 47.4 Å². The molecule has 3 aromatic rings. The number of benzene rings is 2. The third-order valence-electron chi connectivity index (χ3n) is 5.17. The summed E-state index contributed by atoms with van der Waals surface area (Å²) in [6, 6.07) is 7.89. The van der Waals surface area contributed by atoms with Crippen molar-refractivity contribution in [2.45, 2.75) is 11.8 Å². The predicted octanol–water partition coefficient (Wildman–Crippen LogP) is 3.11. The van der Waals surface area contributed by atoms with Crippen molar-refractivity contribution in [1.29, 1.82) is 0 Å². The smallest absolute Gasteiger partial charge is 0.254 e. The Balaban J connectivity index is 1.55. The molecule has 0 unspecified atom stereocenters. The normalized spacial score (nSPS) is 15.4. The monoisotopic (exact) mass is 449 g/mol. The maximum Gasteiger partial charge on any atom is 0.254 e. The second kappa shape index (κ2) is 7.93. The first kappa shape index (κ1) is 21.3. The van der Waals surface area contributed by atoms with Crippen LogP contribution < -0.4 is 0 Å². The molecule has 0 aliphatic carbocycles. The van der Waals surface area contributed by atoms with E-state index in [1.165, 1.54) is 23.1 Å². The van der Waals surface area contributed by atoms with Gasteiger partial charge in [-0.3, -0.25) is 9.78 Å². The molecule has 6 nitrogen and oxygen atoms in total. The molecule has 31 heavy (non-hydrogen) atoms. The molecule has 1 aromatic heterocycles. The molecule has 1 saturated heterocycles. The number of halogens is 3. The van der Waals surface area contributed by atoms with Gasteiger partial charge in [0.15, 0.2) is 0 Å². The second-order valence-electron chi connectivity index (χ2n) is 7.24. The molecule has 1 fully saturated rings. The van der Waals surface area contributed by atoms with Crippen molar-refractivity contribution in [2.75, 3.05) is 26.2 Å². The lowest BCUT2D eigenvalue weighted by Gasteiger charge is -2.34. The molecule has 1 amide bonds. The third-order valence-corrected chi connectivity index (χ3v) is 7.10. The number of aromatic nitrogens is 1. The fraction of sp³-hybridized carbons (Fsp3) is 0.238. The predicted molar refractivity (Wildman–Crippen MR) is 107 cm³/mol. The third kappa shape index (κ3) is 4.00. The second-order valence-corrected chi connectivity index (χ2v) is 9.15. The zero-order valence-corrected chi connectivity index (χ0v) is 17.3. The lowest BCUT2D eigenvalue weighted by Crippen LogP contribution is -2.50. The van der Waals surface area contributed by atoms with Crippen LogP contribution >= 0.6 is 0 Å². The van der Waals surface area contributed by atoms with Gasteiger partial charge in [-0.2, -0.15) is 4.31 Å². The van der Waals surface area contributed by atoms with Gasteiger partial charge in [-0.1, -0.05) is 0 Å². The lowest BCUT2D eigenvalue weighted by molar-refractivity contribution is 0.0699. The molecule has 1 aliphatic heterocycles. The largest absolute Gasteiger partial charge is 0.336 e. The highest BCUT2D eigenvalue weighted by atomic mass is 32.2. The Bertz CT molecular complexity index is 1280. The molecule has 162 valence electrons. The van der Waals surface area contributed by atoms with Crippen LogP contribution in [-0.4, -0.2) is 54.7 Å². The maximum atomic E-state index is 14.0. The summed E-state index contributed by atoms with van der Waals surface area (Å²) in [6.07, 6.45) is 0. The summed E-state index contributed by atoms with van der Waals surface area (Å²) in [5.41, 5.74) is 1.26. The molecule has 1 aliphatic rings. The van der Waals surface area contributed by atoms with E-state index in [-0.39, 0.29) is 32.1 Å². The number of fused-ring (bicyclic) bond motifs is 1. The van der Waals surface area contributed by atoms with Gasteiger partial charge >= 0.3 is 0 Å². The maximum absolute atomic E-state index is 14.0. The van der Waals surface area contributed by atoms with Crippen LogP contribution in [0.25, 0.3) is 10.9 Å². The van der Waals surface area contributed by atoms with Crippen molar-refractivity contribution < 1.29 is 26.4 Å². The Morgan fingerprint density at radius 2 is 1.58 bits per heavy atom. The summed E-state index contributed by atoms with van der Waals surface area (Å²) in [5.74, 6) is -2.82. The number of sulfonamides is 1. The fourth-order valence-electron chi connectivity index (χ4n) is 3.64. The average Bonchev–Trinajstić information content (AvgIpc) is 2.72. The van der Waals surface area contributed by atoms with Crippen LogP contribution in [0.3, 0.4) is 0 Å². The van der Waals surface area contributed by atoms with Crippen molar-refractivity contribution in [3.8, 4) is 0 Å². The van der Waals surface area contributed by atoms with Gasteiger partial charge in [0, 0.05) is 49.4 Å². The number of hydrogen-bond donors (Lipinski definition) is 0. The van der Waals surface area contributed by atoms with E-state index < -0.39 is 32.4 Å². The molecule has 10 heteroatoms. The molecule has 0 saturated carbocycles. The lowest BCUT2D eigenvalue weighted by atomic mass is 10.1. The standard InChI is InChI=1S/C21H18F3N3O3S/c1-13-10-17(16-4-2-15(23)12-19(16)25-13)21(28)26-6-8-27(9-7-26)31(29,30)20-5-3-14(22)11-18(20)24/h2-5,10-12H,6-9H2,1H3. The van der Waals surface area contributed by atoms with Gasteiger partial charge in [-0.15, -0.1) is 0 Å². The van der Waals surface area contributed by atoms with Crippen molar-refractivity contribution in [2.24, 2.45) is 0 Å². The van der Waals surface area contributed by atoms with Gasteiger partial charge in [-0.25, -0.2) is 21.6 Å². The first-order valence-corrected chi connectivity index (χ1v) is 10.9. The SMILES string of the molecule is Cc1cc(C(=O)N2CCN(S(=O)(=O)c3ccc(F)cc3F)CC2)c2ccc(F)cc2n1. The number of nitrogens with zero attached hydrogens (tertiary/aromatic N) is 3. The van der Waals surface area contributed by atoms with E-state index in [2.05, 4.69) is 4.98 Å². The Morgan fingerprint density at radius 1 is 0.935 bits per heavy atom. The van der Waals surface area contributed by atoms with Crippen molar-refractivity contribution >= 4 is 26.8 Å². The van der Waals surface area contributed by atoms with Crippen molar-refractivity contribution in [3.05, 3.63) is 71.2 Å². The van der Waals surface area contributed by atoms with Gasteiger partial charge in [-0.05, 0) is 37.3 Å². The van der Waals surface area contributed by atoms with Crippen molar-refractivity contribution in [1.82, 2.24) is 14.2 Å². The zero-order valence-electron chi connectivity index (χ0n) is 16.5. The Labute approximate surface area is 177 Å². The summed E-state index contributed by atoms with van der Waals surface area (Å²) in [4.78, 5) is 18.2. The quantitative estimate of drug-likeness (QED) is 0.616. The van der Waals surface area contributed by atoms with E-state index in [0.717, 1.165) is 16.4 Å². The molecular formula is C21H18F3N3O3S. The highest BCUT2D eigenvalue weighted by Gasteiger charge is 2.32. The van der Waals surface area contributed by atoms with E-state index in [4.69, 9.17) is 0 Å². The van der Waals surface area contributed by atoms with E-state index >= 15 is 0 Å². The van der Waals surface area contributed by atoms with Gasteiger partial charge in [0.2, 0.25) is 10.0 Å². The van der Waals surface area contributed by atoms with E-state index in [0.29, 0.717) is 28.2 Å². The van der Waals surface area contributed by atoms with Crippen molar-refractivity contribution in [3.63, 3.8) is 0 Å². The fourth-order valence-corrected chi connectivity index (χ4v) is 5.10. The first-order chi connectivity index (χ1) is 14.7. The molecule has 0 atom stereocenters. The molecule has 0 radical (unpaired) electrons. The Kier molecular flexibility index (Phi) is 5.44. The van der Waals surface area contributed by atoms with Crippen LogP contribution in [0.1, 0.15) is 16.1 Å². The molecular weight excluding hydrogens is 431 g/mol. The number of rotatable bonds is 3. The number of hydrogen-bond acceptors (Lipinski definition) is 4. The number of pyridine rings is 1. The topological polar surface area (TPSA) is 70.6 Å². The number of carbonyl (C=O) groups is 1. The number of amides is 1. The summed E-state index contributed by atoms with van der Waals surface area (Å²) in [6.45, 7) is 1.79. The van der Waals surface area contributed by atoms with E-state index in [1.807, 2.05) is 0 Å². The Hall–Kier alpha value is -2.98. The molecule has 2 heterocycles. The van der Waals surface area contributed by atoms with Crippen LogP contribution in [0.2, 0.25) is 0 Å². The van der Waals surface area contributed by atoms with Crippen LogP contribution in [0, 0.1) is 24.4 Å². The van der Waals surface area contributed by atoms with Gasteiger partial charge in [0.1, 0.15) is 22.3 Å². The van der Waals surface area contributed by atoms with E-state index in [9.17, 15) is 26.4 Å². The Morgan fingerprint density at radius 3 is 2.26 bits per heavy atom. The van der Waals surface area contributed by atoms with Crippen LogP contribution in [0.4, 0.5) is 13.2 Å². The number of carbonyl (C=O) groups excluding carboxylic acids is 1. The van der Waals surface area contributed by atoms with Gasteiger partial charge in [0.05, 0.1) is 11.1 Å². The molecule has 0 N–H and O–H groups in total. The summed E-state index contributed by atoms with van der Waals surface area (Å²) in [7, 11) is -4.17. The first-order valence-electron chi connectivity index (χ1n) is 9.48. The molecule has 0 spiro atoms. The minimum atomic E-state index is -4.17. The molecule has 0 bridgehead atoms. The molecule has 2 aromatic carbocycles. The zero-order chi connectivity index (χ0) is 22.3. The van der Waals surface area contributed by atoms with Crippen LogP contribution in [0.5, 0.6) is 0 Å². The average molecular weight is 449 g/mol. The highest BCUT2D eigenvalue weighted by Crippen LogP contribution is 2.24. The summed E-state index contributed by atoms with van der Waals surface area (Å²) in [5, 5.41) is 0.500. The number of aryl methyl sites for hydroxylation is 1. The minimum absolute atomic E-state index is 0.0402. The van der Waals surface area contributed by atoms with Crippen LogP contribution in [-0.2, 0) is 10.0 Å². The minimum Gasteiger partial charge on any atom is -0.336 e. The summed E-state index contributed by atoms with van der Waals surface area (Å²) >= 11 is 0. The molecule has 4 rings (SSSR count). The number of piperazine rings is 1. The summed E-state index contributed by atoms with van der Waals surface area (Å²) < 4.78 is 67.2. The van der Waals surface area contributed by atoms with E-state index in [1.54, 1.807) is 13.0 Å².